The van der Waals surface area contributed by atoms with Crippen molar-refractivity contribution >= 4 is 27.3 Å². The molecular formula is C13H21BrN2OS. The van der Waals surface area contributed by atoms with Crippen molar-refractivity contribution in [3.8, 4) is 0 Å². The molecule has 2 unspecified atom stereocenters. The smallest absolute Gasteiger partial charge is 0.0587 e. The summed E-state index contributed by atoms with van der Waals surface area (Å²) in [5.41, 5.74) is 5.98. The van der Waals surface area contributed by atoms with Gasteiger partial charge in [0.15, 0.2) is 0 Å². The fraction of sp³-hybridized carbons (Fsp3) is 0.692. The molecule has 0 spiro atoms. The molecule has 2 rings (SSSR count). The first kappa shape index (κ1) is 14.5. The second-order valence-corrected chi connectivity index (χ2v) is 6.70. The van der Waals surface area contributed by atoms with Crippen LogP contribution < -0.4 is 5.73 Å². The summed E-state index contributed by atoms with van der Waals surface area (Å²) in [6.07, 6.45) is 4.77. The normalized spacial score (nSPS) is 23.8. The Morgan fingerprint density at radius 3 is 2.94 bits per heavy atom. The lowest BCUT2D eigenvalue weighted by atomic mass is 10.1. The molecule has 0 aromatic carbocycles. The number of rotatable bonds is 4. The molecular weight excluding hydrogens is 312 g/mol. The van der Waals surface area contributed by atoms with E-state index >= 15 is 0 Å². The van der Waals surface area contributed by atoms with E-state index in [1.54, 1.807) is 11.3 Å². The molecule has 102 valence electrons. The molecule has 1 fully saturated rings. The predicted octanol–water partition coefficient (Wildman–Crippen LogP) is 2.75. The number of hydrogen-bond acceptors (Lipinski definition) is 4. The highest BCUT2D eigenvalue weighted by Crippen LogP contribution is 2.32. The highest BCUT2D eigenvalue weighted by Gasteiger charge is 2.28. The van der Waals surface area contributed by atoms with Gasteiger partial charge < -0.3 is 10.8 Å². The topological polar surface area (TPSA) is 49.5 Å². The first-order valence-corrected chi connectivity index (χ1v) is 8.24. The van der Waals surface area contributed by atoms with Gasteiger partial charge in [-0.1, -0.05) is 12.8 Å². The van der Waals surface area contributed by atoms with Crippen molar-refractivity contribution in [3.05, 3.63) is 20.8 Å². The van der Waals surface area contributed by atoms with Crippen LogP contribution >= 0.6 is 27.3 Å². The van der Waals surface area contributed by atoms with Crippen LogP contribution in [0, 0.1) is 0 Å². The Balaban J connectivity index is 2.18. The minimum absolute atomic E-state index is 0.239. The lowest BCUT2D eigenvalue weighted by Gasteiger charge is -2.35. The molecule has 3 N–H and O–H groups in total. The monoisotopic (exact) mass is 332 g/mol. The van der Waals surface area contributed by atoms with Gasteiger partial charge in [-0.3, -0.25) is 4.90 Å². The summed E-state index contributed by atoms with van der Waals surface area (Å²) in [6, 6.07) is 2.67. The molecule has 2 heterocycles. The van der Waals surface area contributed by atoms with Crippen LogP contribution in [0.3, 0.4) is 0 Å². The Labute approximate surface area is 121 Å². The van der Waals surface area contributed by atoms with E-state index in [0.29, 0.717) is 6.54 Å². The van der Waals surface area contributed by atoms with Crippen LogP contribution in [-0.2, 0) is 0 Å². The third-order valence-corrected chi connectivity index (χ3v) is 5.47. The van der Waals surface area contributed by atoms with Gasteiger partial charge in [-0.15, -0.1) is 11.3 Å². The van der Waals surface area contributed by atoms with Gasteiger partial charge in [0, 0.05) is 27.3 Å². The summed E-state index contributed by atoms with van der Waals surface area (Å²) in [5.74, 6) is 0. The highest BCUT2D eigenvalue weighted by molar-refractivity contribution is 9.10. The number of thiophene rings is 1. The van der Waals surface area contributed by atoms with E-state index in [9.17, 15) is 5.11 Å². The van der Waals surface area contributed by atoms with Gasteiger partial charge in [-0.05, 0) is 41.4 Å². The average molecular weight is 333 g/mol. The Bertz CT molecular complexity index is 372. The third kappa shape index (κ3) is 3.33. The molecule has 0 radical (unpaired) electrons. The summed E-state index contributed by atoms with van der Waals surface area (Å²) in [5, 5.41) is 11.7. The van der Waals surface area contributed by atoms with Gasteiger partial charge in [0.25, 0.3) is 0 Å². The Hall–Kier alpha value is 0.0600. The number of aliphatic hydroxyl groups excluding tert-OH is 1. The summed E-state index contributed by atoms with van der Waals surface area (Å²) in [6.45, 7) is 1.90. The van der Waals surface area contributed by atoms with Crippen LogP contribution in [0.25, 0.3) is 0 Å². The second kappa shape index (κ2) is 7.01. The van der Waals surface area contributed by atoms with E-state index in [0.717, 1.165) is 17.4 Å². The second-order valence-electron chi connectivity index (χ2n) is 4.84. The molecule has 2 atom stereocenters. The van der Waals surface area contributed by atoms with Crippen LogP contribution in [0.2, 0.25) is 0 Å². The van der Waals surface area contributed by atoms with Crippen molar-refractivity contribution in [3.63, 3.8) is 0 Å². The lowest BCUT2D eigenvalue weighted by Crippen LogP contribution is -2.42. The number of hydrogen-bond donors (Lipinski definition) is 2. The minimum Gasteiger partial charge on any atom is -0.395 e. The number of aliphatic hydroxyl groups is 1. The van der Waals surface area contributed by atoms with E-state index in [2.05, 4.69) is 32.3 Å². The molecule has 1 aliphatic heterocycles. The van der Waals surface area contributed by atoms with E-state index in [1.807, 2.05) is 0 Å². The summed E-state index contributed by atoms with van der Waals surface area (Å²) < 4.78 is 1.12. The number of nitrogens with zero attached hydrogens (tertiary/aromatic N) is 1. The van der Waals surface area contributed by atoms with E-state index in [1.165, 1.54) is 24.1 Å². The van der Waals surface area contributed by atoms with E-state index in [4.69, 9.17) is 5.73 Å². The van der Waals surface area contributed by atoms with Crippen molar-refractivity contribution in [2.24, 2.45) is 5.73 Å². The van der Waals surface area contributed by atoms with Crippen molar-refractivity contribution in [2.45, 2.75) is 37.8 Å². The van der Waals surface area contributed by atoms with Crippen molar-refractivity contribution in [1.29, 1.82) is 0 Å². The van der Waals surface area contributed by atoms with Gasteiger partial charge in [-0.2, -0.15) is 0 Å². The quantitative estimate of drug-likeness (QED) is 0.891. The molecule has 1 aliphatic rings. The van der Waals surface area contributed by atoms with Crippen molar-refractivity contribution in [2.75, 3.05) is 19.7 Å². The summed E-state index contributed by atoms with van der Waals surface area (Å²) in [4.78, 5) is 3.70. The SMILES string of the molecule is NCC(c1cc(Br)cs1)N1CCCCCC1CO. The van der Waals surface area contributed by atoms with Gasteiger partial charge >= 0.3 is 0 Å². The molecule has 1 saturated heterocycles. The molecule has 0 saturated carbocycles. The van der Waals surface area contributed by atoms with Crippen molar-refractivity contribution < 1.29 is 5.11 Å². The predicted molar refractivity (Wildman–Crippen MR) is 79.9 cm³/mol. The maximum absolute atomic E-state index is 9.59. The number of likely N-dealkylation sites (tertiary alicyclic amines) is 1. The zero-order chi connectivity index (χ0) is 13.0. The maximum Gasteiger partial charge on any atom is 0.0587 e. The third-order valence-electron chi connectivity index (χ3n) is 3.67. The van der Waals surface area contributed by atoms with Crippen LogP contribution in [0.4, 0.5) is 0 Å². The minimum atomic E-state index is 0.239. The van der Waals surface area contributed by atoms with Crippen LogP contribution in [0.5, 0.6) is 0 Å². The lowest BCUT2D eigenvalue weighted by molar-refractivity contribution is 0.0884. The summed E-state index contributed by atoms with van der Waals surface area (Å²) in [7, 11) is 0. The number of halogens is 1. The van der Waals surface area contributed by atoms with Gasteiger partial charge in [0.05, 0.1) is 12.6 Å². The van der Waals surface area contributed by atoms with Gasteiger partial charge in [-0.25, -0.2) is 0 Å². The van der Waals surface area contributed by atoms with Crippen LogP contribution in [0.15, 0.2) is 15.9 Å². The molecule has 0 bridgehead atoms. The Morgan fingerprint density at radius 2 is 2.33 bits per heavy atom. The van der Waals surface area contributed by atoms with E-state index in [-0.39, 0.29) is 18.7 Å². The van der Waals surface area contributed by atoms with Gasteiger partial charge in [0.1, 0.15) is 0 Å². The first-order valence-electron chi connectivity index (χ1n) is 6.57. The zero-order valence-corrected chi connectivity index (χ0v) is 12.9. The molecule has 3 nitrogen and oxygen atoms in total. The Kier molecular flexibility index (Phi) is 5.63. The molecule has 18 heavy (non-hydrogen) atoms. The van der Waals surface area contributed by atoms with E-state index < -0.39 is 0 Å². The highest BCUT2D eigenvalue weighted by atomic mass is 79.9. The summed E-state index contributed by atoms with van der Waals surface area (Å²) >= 11 is 5.25. The maximum atomic E-state index is 9.59. The Morgan fingerprint density at radius 1 is 1.50 bits per heavy atom. The fourth-order valence-electron chi connectivity index (χ4n) is 2.72. The van der Waals surface area contributed by atoms with Crippen LogP contribution in [0.1, 0.15) is 36.6 Å². The standard InChI is InChI=1S/C13H21BrN2OS/c14-10-6-13(18-9-10)12(7-15)16-5-3-1-2-4-11(16)8-17/h6,9,11-12,17H,1-5,7-8,15H2. The zero-order valence-electron chi connectivity index (χ0n) is 10.5. The fourth-order valence-corrected chi connectivity index (χ4v) is 4.30. The average Bonchev–Trinajstić information content (AvgIpc) is 2.66. The molecule has 5 heteroatoms. The van der Waals surface area contributed by atoms with Crippen LogP contribution in [-0.4, -0.2) is 35.7 Å². The molecule has 1 aromatic rings. The largest absolute Gasteiger partial charge is 0.395 e. The number of nitrogens with two attached hydrogens (primary N) is 1. The molecule has 0 aliphatic carbocycles. The molecule has 0 amide bonds. The molecule has 1 aromatic heterocycles. The van der Waals surface area contributed by atoms with Gasteiger partial charge in [0.2, 0.25) is 0 Å². The van der Waals surface area contributed by atoms with Crippen molar-refractivity contribution in [1.82, 2.24) is 4.90 Å². The first-order chi connectivity index (χ1) is 8.76.